The molecule has 1 fully saturated rings. The minimum absolute atomic E-state index is 0.165. The monoisotopic (exact) mass is 334 g/mol. The van der Waals surface area contributed by atoms with E-state index in [1.54, 1.807) is 12.1 Å². The number of halogens is 1. The minimum Gasteiger partial charge on any atom is -0.338 e. The Kier molecular flexibility index (Phi) is 7.70. The molecule has 134 valence electrons. The smallest absolute Gasteiger partial charge is 0.223 e. The van der Waals surface area contributed by atoms with Gasteiger partial charge in [-0.05, 0) is 50.3 Å². The van der Waals surface area contributed by atoms with Crippen molar-refractivity contribution in [1.29, 1.82) is 0 Å². The molecule has 1 N–H and O–H groups in total. The molecule has 24 heavy (non-hydrogen) atoms. The molecule has 1 aliphatic heterocycles. The van der Waals surface area contributed by atoms with Crippen molar-refractivity contribution in [3.05, 3.63) is 35.6 Å². The lowest BCUT2D eigenvalue weighted by atomic mass is 9.84. The number of hydrogen-bond donors (Lipinski definition) is 1. The normalized spacial score (nSPS) is 16.8. The Morgan fingerprint density at radius 1 is 1.33 bits per heavy atom. The average molecular weight is 334 g/mol. The van der Waals surface area contributed by atoms with Crippen molar-refractivity contribution in [3.63, 3.8) is 0 Å². The van der Waals surface area contributed by atoms with Crippen molar-refractivity contribution in [2.75, 3.05) is 19.6 Å². The van der Waals surface area contributed by atoms with Crippen LogP contribution in [0, 0.1) is 17.7 Å². The van der Waals surface area contributed by atoms with Gasteiger partial charge in [-0.3, -0.25) is 4.79 Å². The summed E-state index contributed by atoms with van der Waals surface area (Å²) < 4.78 is 13.9. The first-order chi connectivity index (χ1) is 11.6. The summed E-state index contributed by atoms with van der Waals surface area (Å²) in [6.07, 6.45) is 4.86. The predicted molar refractivity (Wildman–Crippen MR) is 96.1 cm³/mol. The second-order valence-corrected chi connectivity index (χ2v) is 7.03. The molecule has 0 bridgehead atoms. The predicted octanol–water partition coefficient (Wildman–Crippen LogP) is 3.98. The molecular weight excluding hydrogens is 303 g/mol. The van der Waals surface area contributed by atoms with Crippen LogP contribution in [-0.4, -0.2) is 30.4 Å². The van der Waals surface area contributed by atoms with Gasteiger partial charge in [0.15, 0.2) is 0 Å². The molecule has 1 amide bonds. The second-order valence-electron chi connectivity index (χ2n) is 7.03. The van der Waals surface area contributed by atoms with Crippen LogP contribution < -0.4 is 5.32 Å². The molecule has 1 unspecified atom stereocenters. The van der Waals surface area contributed by atoms with E-state index in [2.05, 4.69) is 19.2 Å². The topological polar surface area (TPSA) is 32.3 Å². The first kappa shape index (κ1) is 18.9. The summed E-state index contributed by atoms with van der Waals surface area (Å²) in [6, 6.07) is 6.77. The highest BCUT2D eigenvalue weighted by Crippen LogP contribution is 2.25. The summed E-state index contributed by atoms with van der Waals surface area (Å²) in [5.41, 5.74) is 0.608. The van der Waals surface area contributed by atoms with E-state index < -0.39 is 0 Å². The Balaban J connectivity index is 1.97. The molecular formula is C20H31FN2O. The van der Waals surface area contributed by atoms with Crippen LogP contribution in [0.25, 0.3) is 0 Å². The highest BCUT2D eigenvalue weighted by molar-refractivity contribution is 5.76. The molecule has 0 aliphatic carbocycles. The largest absolute Gasteiger partial charge is 0.338 e. The van der Waals surface area contributed by atoms with Crippen LogP contribution in [0.1, 0.15) is 51.5 Å². The van der Waals surface area contributed by atoms with Gasteiger partial charge < -0.3 is 10.2 Å². The van der Waals surface area contributed by atoms with Crippen molar-refractivity contribution < 1.29 is 9.18 Å². The van der Waals surface area contributed by atoms with E-state index in [1.165, 1.54) is 6.07 Å². The molecule has 2 rings (SSSR count). The van der Waals surface area contributed by atoms with E-state index in [0.29, 0.717) is 36.9 Å². The Bertz CT molecular complexity index is 514. The third-order valence-electron chi connectivity index (χ3n) is 5.14. The summed E-state index contributed by atoms with van der Waals surface area (Å²) in [6.45, 7) is 7.50. The zero-order valence-electron chi connectivity index (χ0n) is 15.1. The highest BCUT2D eigenvalue weighted by Gasteiger charge is 2.24. The number of nitrogens with one attached hydrogen (secondary N) is 1. The zero-order valence-corrected chi connectivity index (χ0v) is 15.1. The summed E-state index contributed by atoms with van der Waals surface area (Å²) in [4.78, 5) is 14.7. The van der Waals surface area contributed by atoms with Crippen molar-refractivity contribution in [3.8, 4) is 0 Å². The van der Waals surface area contributed by atoms with Crippen molar-refractivity contribution in [2.24, 2.45) is 11.8 Å². The Labute approximate surface area is 145 Å². The van der Waals surface area contributed by atoms with Crippen LogP contribution >= 0.6 is 0 Å². The molecule has 4 heteroatoms. The Morgan fingerprint density at radius 2 is 2.04 bits per heavy atom. The molecule has 0 radical (unpaired) electrons. The third kappa shape index (κ3) is 5.59. The van der Waals surface area contributed by atoms with Gasteiger partial charge in [-0.1, -0.05) is 38.5 Å². The van der Waals surface area contributed by atoms with Crippen LogP contribution in [0.5, 0.6) is 0 Å². The summed E-state index contributed by atoms with van der Waals surface area (Å²) in [7, 11) is 0. The molecule has 0 aromatic heterocycles. The van der Waals surface area contributed by atoms with Gasteiger partial charge in [-0.25, -0.2) is 4.39 Å². The third-order valence-corrected chi connectivity index (χ3v) is 5.14. The lowest BCUT2D eigenvalue weighted by Gasteiger charge is -2.30. The second kappa shape index (κ2) is 9.77. The van der Waals surface area contributed by atoms with Crippen LogP contribution in [0.15, 0.2) is 24.3 Å². The molecule has 1 heterocycles. The number of unbranched alkanes of at least 4 members (excludes halogenated alkanes) is 1. The number of carbonyl (C=O) groups excluding carboxylic acids is 1. The SMILES string of the molecule is CCCCN(Cc1ccccc1F)C(=O)CC(C)C1CCNCC1. The van der Waals surface area contributed by atoms with Crippen molar-refractivity contribution in [2.45, 2.75) is 52.5 Å². The van der Waals surface area contributed by atoms with Gasteiger partial charge in [0, 0.05) is 25.1 Å². The van der Waals surface area contributed by atoms with Crippen molar-refractivity contribution in [1.82, 2.24) is 10.2 Å². The van der Waals surface area contributed by atoms with E-state index in [0.717, 1.165) is 38.8 Å². The Hall–Kier alpha value is -1.42. The van der Waals surface area contributed by atoms with E-state index in [9.17, 15) is 9.18 Å². The Morgan fingerprint density at radius 3 is 2.71 bits per heavy atom. The van der Waals surface area contributed by atoms with Gasteiger partial charge in [0.2, 0.25) is 5.91 Å². The van der Waals surface area contributed by atoms with Crippen LogP contribution in [-0.2, 0) is 11.3 Å². The van der Waals surface area contributed by atoms with E-state index >= 15 is 0 Å². The van der Waals surface area contributed by atoms with Gasteiger partial charge in [-0.2, -0.15) is 0 Å². The van der Waals surface area contributed by atoms with E-state index in [-0.39, 0.29) is 11.7 Å². The average Bonchev–Trinajstić information content (AvgIpc) is 2.60. The molecule has 1 atom stereocenters. The molecule has 0 saturated carbocycles. The molecule has 1 saturated heterocycles. The molecule has 1 aromatic carbocycles. The van der Waals surface area contributed by atoms with Gasteiger partial charge in [-0.15, -0.1) is 0 Å². The minimum atomic E-state index is -0.224. The zero-order chi connectivity index (χ0) is 17.4. The molecule has 0 spiro atoms. The van der Waals surface area contributed by atoms with Crippen LogP contribution in [0.3, 0.4) is 0 Å². The highest BCUT2D eigenvalue weighted by atomic mass is 19.1. The van der Waals surface area contributed by atoms with Crippen LogP contribution in [0.2, 0.25) is 0 Å². The fourth-order valence-electron chi connectivity index (χ4n) is 3.46. The fraction of sp³-hybridized carbons (Fsp3) is 0.650. The molecule has 1 aromatic rings. The quantitative estimate of drug-likeness (QED) is 0.780. The maximum absolute atomic E-state index is 13.9. The first-order valence-electron chi connectivity index (χ1n) is 9.33. The number of carbonyl (C=O) groups is 1. The number of benzene rings is 1. The first-order valence-corrected chi connectivity index (χ1v) is 9.33. The number of nitrogens with zero attached hydrogens (tertiary/aromatic N) is 1. The summed E-state index contributed by atoms with van der Waals surface area (Å²) in [5, 5.41) is 3.38. The van der Waals surface area contributed by atoms with Gasteiger partial charge >= 0.3 is 0 Å². The summed E-state index contributed by atoms with van der Waals surface area (Å²) in [5.74, 6) is 0.956. The van der Waals surface area contributed by atoms with Crippen molar-refractivity contribution >= 4 is 5.91 Å². The van der Waals surface area contributed by atoms with Crippen LogP contribution in [0.4, 0.5) is 4.39 Å². The standard InChI is InChI=1S/C20H31FN2O/c1-3-4-13-23(15-18-7-5-6-8-19(18)21)20(24)14-16(2)17-9-11-22-12-10-17/h5-8,16-17,22H,3-4,9-15H2,1-2H3. The molecule has 1 aliphatic rings. The van der Waals surface area contributed by atoms with E-state index in [4.69, 9.17) is 0 Å². The number of piperidine rings is 1. The van der Waals surface area contributed by atoms with Gasteiger partial charge in [0.05, 0.1) is 0 Å². The van der Waals surface area contributed by atoms with Gasteiger partial charge in [0.1, 0.15) is 5.82 Å². The maximum Gasteiger partial charge on any atom is 0.223 e. The lowest BCUT2D eigenvalue weighted by Crippen LogP contribution is -2.36. The maximum atomic E-state index is 13.9. The lowest BCUT2D eigenvalue weighted by molar-refractivity contribution is -0.133. The number of hydrogen-bond acceptors (Lipinski definition) is 2. The number of amides is 1. The molecule has 3 nitrogen and oxygen atoms in total. The van der Waals surface area contributed by atoms with Gasteiger partial charge in [0.25, 0.3) is 0 Å². The summed E-state index contributed by atoms with van der Waals surface area (Å²) >= 11 is 0. The fourth-order valence-corrected chi connectivity index (χ4v) is 3.46. The van der Waals surface area contributed by atoms with E-state index in [1.807, 2.05) is 11.0 Å². The number of rotatable bonds is 8.